The Morgan fingerprint density at radius 3 is 2.87 bits per heavy atom. The van der Waals surface area contributed by atoms with Crippen molar-refractivity contribution in [2.75, 3.05) is 19.6 Å². The zero-order valence-corrected chi connectivity index (χ0v) is 14.3. The largest absolute Gasteiger partial charge is 0.330 e. The summed E-state index contributed by atoms with van der Waals surface area (Å²) < 4.78 is 0. The quantitative estimate of drug-likeness (QED) is 0.750. The number of aromatic nitrogens is 1. The van der Waals surface area contributed by atoms with Crippen molar-refractivity contribution in [1.29, 1.82) is 0 Å². The molecule has 2 heterocycles. The van der Waals surface area contributed by atoms with Crippen molar-refractivity contribution in [1.82, 2.24) is 9.88 Å². The van der Waals surface area contributed by atoms with E-state index in [1.54, 1.807) is 0 Å². The molecule has 0 aliphatic carbocycles. The van der Waals surface area contributed by atoms with Crippen LogP contribution in [0, 0.1) is 6.92 Å². The Labute approximate surface area is 139 Å². The molecule has 0 radical (unpaired) electrons. The lowest BCUT2D eigenvalue weighted by atomic mass is 10.1. The third-order valence-electron chi connectivity index (χ3n) is 4.14. The molecule has 0 spiro atoms. The van der Waals surface area contributed by atoms with Gasteiger partial charge in [0.2, 0.25) is 0 Å². The molecule has 4 nitrogen and oxygen atoms in total. The van der Waals surface area contributed by atoms with Crippen LogP contribution in [0.3, 0.4) is 0 Å². The van der Waals surface area contributed by atoms with E-state index in [0.29, 0.717) is 0 Å². The van der Waals surface area contributed by atoms with Gasteiger partial charge in [0.15, 0.2) is 0 Å². The number of nitrogens with two attached hydrogens (primary N) is 1. The maximum atomic E-state index is 5.65. The molecule has 23 heavy (non-hydrogen) atoms. The van der Waals surface area contributed by atoms with Gasteiger partial charge in [-0.25, -0.2) is 0 Å². The minimum atomic E-state index is 0.749. The summed E-state index contributed by atoms with van der Waals surface area (Å²) in [6.45, 7) is 7.75. The molecule has 0 fully saturated rings. The summed E-state index contributed by atoms with van der Waals surface area (Å²) in [6.07, 6.45) is 11.3. The molecule has 4 heteroatoms. The number of allylic oxidation sites excluding steroid dienone is 2. The maximum Gasteiger partial charge on any atom is 0.0573 e. The molecule has 1 aliphatic rings. The first-order valence-corrected chi connectivity index (χ1v) is 8.42. The van der Waals surface area contributed by atoms with Crippen molar-refractivity contribution in [3.05, 3.63) is 53.5 Å². The van der Waals surface area contributed by atoms with Crippen LogP contribution in [-0.4, -0.2) is 35.2 Å². The van der Waals surface area contributed by atoms with Crippen LogP contribution in [0.2, 0.25) is 0 Å². The minimum Gasteiger partial charge on any atom is -0.330 e. The normalized spacial score (nSPS) is 14.6. The molecule has 0 saturated heterocycles. The van der Waals surface area contributed by atoms with E-state index in [9.17, 15) is 0 Å². The summed E-state index contributed by atoms with van der Waals surface area (Å²) in [5, 5.41) is 0. The average molecular weight is 312 g/mol. The zero-order valence-electron chi connectivity index (χ0n) is 14.3. The van der Waals surface area contributed by atoms with Gasteiger partial charge < -0.3 is 5.73 Å². The predicted octanol–water partition coefficient (Wildman–Crippen LogP) is 3.24. The number of nitrogens with zero attached hydrogens (tertiary/aromatic N) is 3. The fourth-order valence-electron chi connectivity index (χ4n) is 2.63. The Kier molecular flexibility index (Phi) is 7.17. The summed E-state index contributed by atoms with van der Waals surface area (Å²) >= 11 is 0. The maximum absolute atomic E-state index is 5.65. The van der Waals surface area contributed by atoms with Crippen LogP contribution < -0.4 is 5.73 Å². The molecule has 0 unspecified atom stereocenters. The van der Waals surface area contributed by atoms with Gasteiger partial charge in [-0.05, 0) is 63.4 Å². The van der Waals surface area contributed by atoms with Gasteiger partial charge in [-0.15, -0.1) is 0 Å². The van der Waals surface area contributed by atoms with Crippen molar-refractivity contribution in [3.8, 4) is 0 Å². The molecule has 2 N–H and O–H groups in total. The molecule has 0 aromatic carbocycles. The first kappa shape index (κ1) is 17.6. The number of hydrogen-bond acceptors (Lipinski definition) is 4. The van der Waals surface area contributed by atoms with Gasteiger partial charge >= 0.3 is 0 Å². The average Bonchev–Trinajstić information content (AvgIpc) is 2.74. The van der Waals surface area contributed by atoms with Gasteiger partial charge in [0.05, 0.1) is 11.4 Å². The van der Waals surface area contributed by atoms with E-state index >= 15 is 0 Å². The van der Waals surface area contributed by atoms with Crippen LogP contribution >= 0.6 is 0 Å². The first-order chi connectivity index (χ1) is 11.2. The molecule has 1 aromatic heterocycles. The molecule has 0 bridgehead atoms. The molecular weight excluding hydrogens is 284 g/mol. The highest BCUT2D eigenvalue weighted by Gasteiger charge is 2.13. The highest BCUT2D eigenvalue weighted by molar-refractivity contribution is 6.01. The van der Waals surface area contributed by atoms with E-state index in [1.807, 2.05) is 18.5 Å². The lowest BCUT2D eigenvalue weighted by molar-refractivity contribution is 0.292. The molecular formula is C19H28N4. The second kappa shape index (κ2) is 9.38. The second-order valence-corrected chi connectivity index (χ2v) is 6.06. The number of rotatable bonds is 8. The summed E-state index contributed by atoms with van der Waals surface area (Å²) in [4.78, 5) is 11.6. The van der Waals surface area contributed by atoms with E-state index in [4.69, 9.17) is 5.73 Å². The Morgan fingerprint density at radius 2 is 2.09 bits per heavy atom. The van der Waals surface area contributed by atoms with Gasteiger partial charge in [0.25, 0.3) is 0 Å². The van der Waals surface area contributed by atoms with E-state index in [0.717, 1.165) is 56.8 Å². The molecule has 2 rings (SSSR count). The number of hydrogen-bond donors (Lipinski definition) is 1. The lowest BCUT2D eigenvalue weighted by Crippen LogP contribution is -2.31. The van der Waals surface area contributed by atoms with Gasteiger partial charge in [0, 0.05) is 25.5 Å². The van der Waals surface area contributed by atoms with E-state index in [2.05, 4.69) is 46.9 Å². The summed E-state index contributed by atoms with van der Waals surface area (Å²) in [7, 11) is 0. The standard InChI is InChI=1S/C19H28N4/c1-16-8-3-5-11-21-18(16)14-23(13-6-4-10-20)15-19-17(2)9-7-12-22-19/h5,7-9,11-12H,3-4,6,10,13-15,20H2,1-2H3. The monoisotopic (exact) mass is 312 g/mol. The molecule has 0 saturated carbocycles. The fourth-order valence-corrected chi connectivity index (χ4v) is 2.63. The van der Waals surface area contributed by atoms with Crippen LogP contribution in [0.25, 0.3) is 0 Å². The van der Waals surface area contributed by atoms with Gasteiger partial charge in [-0.3, -0.25) is 14.9 Å². The van der Waals surface area contributed by atoms with Crippen LogP contribution in [0.4, 0.5) is 0 Å². The van der Waals surface area contributed by atoms with E-state index < -0.39 is 0 Å². The number of pyridine rings is 1. The molecule has 124 valence electrons. The third kappa shape index (κ3) is 5.73. The van der Waals surface area contributed by atoms with Crippen molar-refractivity contribution in [2.24, 2.45) is 10.7 Å². The Hall–Kier alpha value is -1.78. The Bertz CT molecular complexity index is 587. The van der Waals surface area contributed by atoms with Crippen molar-refractivity contribution in [3.63, 3.8) is 0 Å². The fraction of sp³-hybridized carbons (Fsp3) is 0.474. The number of aliphatic imine (C=N–C) groups is 1. The van der Waals surface area contributed by atoms with Gasteiger partial charge in [-0.1, -0.05) is 18.2 Å². The second-order valence-electron chi connectivity index (χ2n) is 6.06. The molecule has 0 amide bonds. The van der Waals surface area contributed by atoms with Crippen molar-refractivity contribution in [2.45, 2.75) is 39.7 Å². The molecule has 1 aromatic rings. The first-order valence-electron chi connectivity index (χ1n) is 8.42. The SMILES string of the molecule is CC1=CCC=CN=C1CN(CCCCN)Cc1ncccc1C. The summed E-state index contributed by atoms with van der Waals surface area (Å²) in [5.74, 6) is 0. The number of aryl methyl sites for hydroxylation is 1. The zero-order chi connectivity index (χ0) is 16.5. The highest BCUT2D eigenvalue weighted by Crippen LogP contribution is 2.12. The van der Waals surface area contributed by atoms with Crippen LogP contribution in [0.5, 0.6) is 0 Å². The predicted molar refractivity (Wildman–Crippen MR) is 97.5 cm³/mol. The number of unbranched alkanes of at least 4 members (excludes halogenated alkanes) is 1. The molecule has 1 aliphatic heterocycles. The van der Waals surface area contributed by atoms with E-state index in [-0.39, 0.29) is 0 Å². The summed E-state index contributed by atoms with van der Waals surface area (Å²) in [6, 6.07) is 4.11. The van der Waals surface area contributed by atoms with Crippen LogP contribution in [0.1, 0.15) is 37.4 Å². The third-order valence-corrected chi connectivity index (χ3v) is 4.14. The van der Waals surface area contributed by atoms with Gasteiger partial charge in [0.1, 0.15) is 0 Å². The van der Waals surface area contributed by atoms with Gasteiger partial charge in [-0.2, -0.15) is 0 Å². The lowest BCUT2D eigenvalue weighted by Gasteiger charge is -2.23. The smallest absolute Gasteiger partial charge is 0.0573 e. The molecule has 0 atom stereocenters. The Morgan fingerprint density at radius 1 is 1.22 bits per heavy atom. The highest BCUT2D eigenvalue weighted by atomic mass is 15.1. The van der Waals surface area contributed by atoms with Crippen LogP contribution in [0.15, 0.2) is 47.2 Å². The van der Waals surface area contributed by atoms with E-state index in [1.165, 1.54) is 11.1 Å². The van der Waals surface area contributed by atoms with Crippen molar-refractivity contribution < 1.29 is 0 Å². The van der Waals surface area contributed by atoms with Crippen molar-refractivity contribution >= 4 is 5.71 Å². The van der Waals surface area contributed by atoms with Crippen LogP contribution in [-0.2, 0) is 6.54 Å². The minimum absolute atomic E-state index is 0.749. The topological polar surface area (TPSA) is 54.5 Å². The Balaban J connectivity index is 2.09. The summed E-state index contributed by atoms with van der Waals surface area (Å²) in [5.41, 5.74) is 10.5.